The average molecular weight is 371 g/mol. The van der Waals surface area contributed by atoms with Gasteiger partial charge in [0.25, 0.3) is 0 Å². The molecule has 1 N–H and O–H groups in total. The van der Waals surface area contributed by atoms with E-state index in [2.05, 4.69) is 22.6 Å². The van der Waals surface area contributed by atoms with E-state index in [1.54, 1.807) is 12.1 Å². The predicted molar refractivity (Wildman–Crippen MR) is 105 cm³/mol. The molecule has 5 heteroatoms. The van der Waals surface area contributed by atoms with Crippen molar-refractivity contribution in [3.8, 4) is 0 Å². The molecule has 4 nitrogen and oxygen atoms in total. The second-order valence-electron chi connectivity index (χ2n) is 7.01. The molecule has 2 aromatic carbocycles. The van der Waals surface area contributed by atoms with Gasteiger partial charge in [-0.05, 0) is 72.9 Å². The van der Waals surface area contributed by atoms with Gasteiger partial charge in [0.15, 0.2) is 0 Å². The summed E-state index contributed by atoms with van der Waals surface area (Å²) in [5.74, 6) is 1.00. The quantitative estimate of drug-likeness (QED) is 0.642. The highest BCUT2D eigenvalue weighted by molar-refractivity contribution is 6.30. The maximum absolute atomic E-state index is 12.2. The van der Waals surface area contributed by atoms with Crippen molar-refractivity contribution in [2.45, 2.75) is 44.6 Å². The number of rotatable bonds is 6. The van der Waals surface area contributed by atoms with Crippen LogP contribution in [0.5, 0.6) is 0 Å². The zero-order valence-corrected chi connectivity index (χ0v) is 15.4. The van der Waals surface area contributed by atoms with E-state index < -0.39 is 0 Å². The van der Waals surface area contributed by atoms with Crippen LogP contribution >= 0.6 is 11.6 Å². The second kappa shape index (κ2) is 8.95. The summed E-state index contributed by atoms with van der Waals surface area (Å²) in [5.41, 5.74) is 3.05. The molecule has 1 fully saturated rings. The second-order valence-corrected chi connectivity index (χ2v) is 7.45. The van der Waals surface area contributed by atoms with E-state index in [0.29, 0.717) is 23.3 Å². The number of nitrogens with zero attached hydrogens (tertiary/aromatic N) is 1. The van der Waals surface area contributed by atoms with Crippen LogP contribution in [0.25, 0.3) is 0 Å². The van der Waals surface area contributed by atoms with Gasteiger partial charge in [0, 0.05) is 17.1 Å². The van der Waals surface area contributed by atoms with Crippen LogP contribution in [0.1, 0.15) is 49.1 Å². The summed E-state index contributed by atoms with van der Waals surface area (Å²) in [6.45, 7) is 0.230. The van der Waals surface area contributed by atoms with E-state index in [9.17, 15) is 9.70 Å². The van der Waals surface area contributed by atoms with E-state index >= 15 is 0 Å². The zero-order valence-electron chi connectivity index (χ0n) is 14.7. The fourth-order valence-electron chi connectivity index (χ4n) is 3.73. The molecule has 0 bridgehead atoms. The van der Waals surface area contributed by atoms with Crippen molar-refractivity contribution in [2.75, 3.05) is 5.32 Å². The number of benzene rings is 2. The first-order chi connectivity index (χ1) is 12.6. The fraction of sp³-hybridized carbons (Fsp3) is 0.381. The Balaban J connectivity index is 1.49. The van der Waals surface area contributed by atoms with Crippen LogP contribution in [0.4, 0.5) is 5.69 Å². The van der Waals surface area contributed by atoms with Gasteiger partial charge < -0.3 is 5.32 Å². The van der Waals surface area contributed by atoms with Crippen LogP contribution in [0, 0.1) is 10.8 Å². The van der Waals surface area contributed by atoms with E-state index in [1.807, 2.05) is 24.3 Å². The van der Waals surface area contributed by atoms with Crippen LogP contribution in [0.15, 0.2) is 53.7 Å². The summed E-state index contributed by atoms with van der Waals surface area (Å²) in [7, 11) is 0. The SMILES string of the molecule is O=NCc1cccc(C2CCC(CC(=O)Nc3ccc(Cl)cc3)CC2)c1. The maximum atomic E-state index is 12.2. The molecular formula is C21H23ClN2O2. The molecule has 0 aromatic heterocycles. The van der Waals surface area contributed by atoms with Crippen LogP contribution in [-0.2, 0) is 11.3 Å². The Labute approximate surface area is 158 Å². The van der Waals surface area contributed by atoms with Crippen LogP contribution < -0.4 is 5.32 Å². The summed E-state index contributed by atoms with van der Waals surface area (Å²) in [4.78, 5) is 22.7. The normalized spacial score (nSPS) is 19.7. The van der Waals surface area contributed by atoms with Crippen LogP contribution in [-0.4, -0.2) is 5.91 Å². The molecule has 0 radical (unpaired) electrons. The van der Waals surface area contributed by atoms with Crippen LogP contribution in [0.3, 0.4) is 0 Å². The fourth-order valence-corrected chi connectivity index (χ4v) is 3.85. The number of carbonyl (C=O) groups excluding carboxylic acids is 1. The van der Waals surface area contributed by atoms with Gasteiger partial charge in [0.05, 0.1) is 0 Å². The highest BCUT2D eigenvalue weighted by atomic mass is 35.5. The van der Waals surface area contributed by atoms with Crippen molar-refractivity contribution < 1.29 is 4.79 Å². The van der Waals surface area contributed by atoms with Gasteiger partial charge in [-0.25, -0.2) is 0 Å². The molecule has 0 heterocycles. The van der Waals surface area contributed by atoms with Gasteiger partial charge >= 0.3 is 0 Å². The Morgan fingerprint density at radius 1 is 1.08 bits per heavy atom. The topological polar surface area (TPSA) is 58.5 Å². The minimum absolute atomic E-state index is 0.0647. The molecule has 0 saturated heterocycles. The molecule has 136 valence electrons. The molecular weight excluding hydrogens is 348 g/mol. The molecule has 3 rings (SSSR count). The monoisotopic (exact) mass is 370 g/mol. The molecule has 1 saturated carbocycles. The number of carbonyl (C=O) groups is 1. The number of nitrogens with one attached hydrogen (secondary N) is 1. The number of hydrogen-bond acceptors (Lipinski definition) is 3. The van der Waals surface area contributed by atoms with Crippen molar-refractivity contribution in [2.24, 2.45) is 11.1 Å². The summed E-state index contributed by atoms with van der Waals surface area (Å²) < 4.78 is 0. The van der Waals surface area contributed by atoms with E-state index in [1.165, 1.54) is 5.56 Å². The molecule has 1 amide bonds. The Morgan fingerprint density at radius 3 is 2.50 bits per heavy atom. The Bertz CT molecular complexity index is 753. The van der Waals surface area contributed by atoms with Crippen molar-refractivity contribution in [1.82, 2.24) is 0 Å². The largest absolute Gasteiger partial charge is 0.326 e. The Kier molecular flexibility index (Phi) is 6.40. The number of nitroso groups, excluding NO2 is 1. The van der Waals surface area contributed by atoms with E-state index in [-0.39, 0.29) is 12.5 Å². The average Bonchev–Trinajstić information content (AvgIpc) is 2.65. The minimum atomic E-state index is 0.0647. The van der Waals surface area contributed by atoms with Crippen LogP contribution in [0.2, 0.25) is 5.02 Å². The molecule has 1 aliphatic rings. The molecule has 0 atom stereocenters. The van der Waals surface area contributed by atoms with Crippen molar-refractivity contribution in [3.05, 3.63) is 69.6 Å². The Hall–Kier alpha value is -2.20. The lowest BCUT2D eigenvalue weighted by Crippen LogP contribution is -2.20. The van der Waals surface area contributed by atoms with Crippen molar-refractivity contribution in [1.29, 1.82) is 0 Å². The third-order valence-corrected chi connectivity index (χ3v) is 5.37. The van der Waals surface area contributed by atoms with Gasteiger partial charge in [-0.3, -0.25) is 4.79 Å². The summed E-state index contributed by atoms with van der Waals surface area (Å²) >= 11 is 5.86. The lowest BCUT2D eigenvalue weighted by molar-refractivity contribution is -0.117. The number of halogens is 1. The Morgan fingerprint density at radius 2 is 1.81 bits per heavy atom. The van der Waals surface area contributed by atoms with Gasteiger partial charge in [-0.15, -0.1) is 0 Å². The van der Waals surface area contributed by atoms with Gasteiger partial charge in [0.1, 0.15) is 6.54 Å². The highest BCUT2D eigenvalue weighted by Crippen LogP contribution is 2.37. The smallest absolute Gasteiger partial charge is 0.224 e. The van der Waals surface area contributed by atoms with E-state index in [4.69, 9.17) is 11.6 Å². The summed E-state index contributed by atoms with van der Waals surface area (Å²) in [6, 6.07) is 15.4. The maximum Gasteiger partial charge on any atom is 0.224 e. The summed E-state index contributed by atoms with van der Waals surface area (Å²) in [5, 5.41) is 6.58. The first kappa shape index (κ1) is 18.6. The number of anilines is 1. The van der Waals surface area contributed by atoms with Gasteiger partial charge in [0.2, 0.25) is 5.91 Å². The standard InChI is InChI=1S/C21H23ClN2O2/c22-19-8-10-20(11-9-19)24-21(25)13-15-4-6-17(7-5-15)18-3-1-2-16(12-18)14-23-26/h1-3,8-12,15,17H,4-7,13-14H2,(H,24,25). The molecule has 1 aliphatic carbocycles. The highest BCUT2D eigenvalue weighted by Gasteiger charge is 2.24. The van der Waals surface area contributed by atoms with Crippen molar-refractivity contribution in [3.63, 3.8) is 0 Å². The lowest BCUT2D eigenvalue weighted by atomic mass is 9.77. The van der Waals surface area contributed by atoms with E-state index in [0.717, 1.165) is 36.9 Å². The van der Waals surface area contributed by atoms with Gasteiger partial charge in [-0.1, -0.05) is 41.0 Å². The lowest BCUT2D eigenvalue weighted by Gasteiger charge is -2.28. The predicted octanol–water partition coefficient (Wildman–Crippen LogP) is 5.91. The van der Waals surface area contributed by atoms with Crippen molar-refractivity contribution >= 4 is 23.2 Å². The molecule has 2 aromatic rings. The first-order valence-corrected chi connectivity index (χ1v) is 9.45. The molecule has 0 spiro atoms. The number of amides is 1. The minimum Gasteiger partial charge on any atom is -0.326 e. The number of hydrogen-bond donors (Lipinski definition) is 1. The molecule has 26 heavy (non-hydrogen) atoms. The summed E-state index contributed by atoms with van der Waals surface area (Å²) in [6.07, 6.45) is 4.82. The molecule has 0 aliphatic heterocycles. The zero-order chi connectivity index (χ0) is 18.4. The van der Waals surface area contributed by atoms with Gasteiger partial charge in [-0.2, -0.15) is 4.91 Å². The first-order valence-electron chi connectivity index (χ1n) is 9.07. The molecule has 0 unspecified atom stereocenters. The third-order valence-electron chi connectivity index (χ3n) is 5.12. The third kappa shape index (κ3) is 5.15.